The third kappa shape index (κ3) is 10.7. The molecule has 0 aliphatic carbocycles. The summed E-state index contributed by atoms with van der Waals surface area (Å²) in [4.78, 5) is 9.03. The molecule has 1 fully saturated rings. The van der Waals surface area contributed by atoms with Crippen LogP contribution in [-0.4, -0.2) is 81.9 Å². The molecule has 1 unspecified atom stereocenters. The van der Waals surface area contributed by atoms with E-state index in [0.29, 0.717) is 24.0 Å². The van der Waals surface area contributed by atoms with E-state index in [-0.39, 0.29) is 29.7 Å². The summed E-state index contributed by atoms with van der Waals surface area (Å²) in [6.45, 7) is 9.17. The highest BCUT2D eigenvalue weighted by molar-refractivity contribution is 14.0. The van der Waals surface area contributed by atoms with Gasteiger partial charge >= 0.3 is 6.18 Å². The SMILES string of the molecule is CN=C(NCc1ccc(C)cc1OCC(F)(F)F)NCC(C)CN1CCN(C)CC1.I. The first-order valence-electron chi connectivity index (χ1n) is 10.3. The number of nitrogens with zero attached hydrogens (tertiary/aromatic N) is 3. The second-order valence-electron chi connectivity index (χ2n) is 8.03. The largest absolute Gasteiger partial charge is 0.484 e. The van der Waals surface area contributed by atoms with Crippen LogP contribution in [0.1, 0.15) is 18.1 Å². The van der Waals surface area contributed by atoms with Gasteiger partial charge in [0.2, 0.25) is 0 Å². The highest BCUT2D eigenvalue weighted by Crippen LogP contribution is 2.23. The average molecular weight is 557 g/mol. The quantitative estimate of drug-likeness (QED) is 0.293. The molecule has 1 aliphatic heterocycles. The van der Waals surface area contributed by atoms with Crippen molar-refractivity contribution in [1.29, 1.82) is 0 Å². The van der Waals surface area contributed by atoms with Crippen LogP contribution in [0.25, 0.3) is 0 Å². The number of aryl methyl sites for hydroxylation is 1. The summed E-state index contributed by atoms with van der Waals surface area (Å²) in [6, 6.07) is 5.25. The van der Waals surface area contributed by atoms with Crippen LogP contribution in [0.15, 0.2) is 23.2 Å². The molecule has 0 saturated carbocycles. The lowest BCUT2D eigenvalue weighted by molar-refractivity contribution is -0.153. The number of nitrogens with one attached hydrogen (secondary N) is 2. The summed E-state index contributed by atoms with van der Waals surface area (Å²) in [5, 5.41) is 6.47. The summed E-state index contributed by atoms with van der Waals surface area (Å²) >= 11 is 0. The molecule has 1 atom stereocenters. The van der Waals surface area contributed by atoms with Gasteiger partial charge in [0.15, 0.2) is 12.6 Å². The average Bonchev–Trinajstić information content (AvgIpc) is 2.68. The van der Waals surface area contributed by atoms with Gasteiger partial charge in [-0.1, -0.05) is 19.1 Å². The first-order chi connectivity index (χ1) is 14.2. The Morgan fingerprint density at radius 1 is 1.19 bits per heavy atom. The van der Waals surface area contributed by atoms with Crippen LogP contribution in [0.4, 0.5) is 13.2 Å². The zero-order valence-corrected chi connectivity index (χ0v) is 21.1. The molecule has 6 nitrogen and oxygen atoms in total. The van der Waals surface area contributed by atoms with Crippen LogP contribution >= 0.6 is 24.0 Å². The lowest BCUT2D eigenvalue weighted by atomic mass is 10.1. The lowest BCUT2D eigenvalue weighted by Crippen LogP contribution is -2.47. The van der Waals surface area contributed by atoms with Gasteiger partial charge in [0.1, 0.15) is 5.75 Å². The molecule has 1 heterocycles. The van der Waals surface area contributed by atoms with Gasteiger partial charge in [-0.3, -0.25) is 4.99 Å². The van der Waals surface area contributed by atoms with E-state index in [0.717, 1.165) is 44.8 Å². The van der Waals surface area contributed by atoms with Crippen LogP contribution < -0.4 is 15.4 Å². The number of piperazine rings is 1. The molecule has 0 amide bonds. The predicted octanol–water partition coefficient (Wildman–Crippen LogP) is 3.10. The highest BCUT2D eigenvalue weighted by atomic mass is 127. The predicted molar refractivity (Wildman–Crippen MR) is 129 cm³/mol. The summed E-state index contributed by atoms with van der Waals surface area (Å²) in [7, 11) is 3.82. The molecule has 1 aliphatic rings. The van der Waals surface area contributed by atoms with Crippen LogP contribution in [0.2, 0.25) is 0 Å². The van der Waals surface area contributed by atoms with Gasteiger partial charge in [0.05, 0.1) is 0 Å². The number of ether oxygens (including phenoxy) is 1. The first kappa shape index (κ1) is 27.8. The number of hydrogen-bond donors (Lipinski definition) is 2. The minimum Gasteiger partial charge on any atom is -0.484 e. The first-order valence-corrected chi connectivity index (χ1v) is 10.3. The number of guanidine groups is 1. The molecule has 1 aromatic carbocycles. The van der Waals surface area contributed by atoms with E-state index in [1.54, 1.807) is 19.2 Å². The molecule has 0 radical (unpaired) electrons. The van der Waals surface area contributed by atoms with Crippen molar-refractivity contribution in [1.82, 2.24) is 20.4 Å². The van der Waals surface area contributed by atoms with Crippen molar-refractivity contribution < 1.29 is 17.9 Å². The maximum atomic E-state index is 12.5. The van der Waals surface area contributed by atoms with Gasteiger partial charge in [-0.25, -0.2) is 0 Å². The summed E-state index contributed by atoms with van der Waals surface area (Å²) in [6.07, 6.45) is -4.37. The van der Waals surface area contributed by atoms with Gasteiger partial charge < -0.3 is 25.2 Å². The van der Waals surface area contributed by atoms with Crippen LogP contribution in [-0.2, 0) is 6.54 Å². The Bertz CT molecular complexity index is 694. The maximum Gasteiger partial charge on any atom is 0.422 e. The van der Waals surface area contributed by atoms with Gasteiger partial charge in [0.25, 0.3) is 0 Å². The number of halogens is 4. The molecule has 2 N–H and O–H groups in total. The van der Waals surface area contributed by atoms with Gasteiger partial charge in [-0.15, -0.1) is 24.0 Å². The van der Waals surface area contributed by atoms with Crippen LogP contribution in [0.5, 0.6) is 5.75 Å². The fraction of sp³-hybridized carbons (Fsp3) is 0.667. The second-order valence-corrected chi connectivity index (χ2v) is 8.03. The van der Waals surface area contributed by atoms with E-state index in [1.165, 1.54) is 0 Å². The van der Waals surface area contributed by atoms with Crippen molar-refractivity contribution in [2.45, 2.75) is 26.6 Å². The molecule has 1 aromatic rings. The van der Waals surface area contributed by atoms with Gasteiger partial charge in [-0.05, 0) is 31.5 Å². The maximum absolute atomic E-state index is 12.5. The van der Waals surface area contributed by atoms with Crippen LogP contribution in [0, 0.1) is 12.8 Å². The Kier molecular flexibility index (Phi) is 11.9. The molecular weight excluding hydrogens is 522 g/mol. The minimum absolute atomic E-state index is 0. The standard InChI is InChI=1S/C21H34F3N5O.HI/c1-16-5-6-18(19(11-16)30-15-21(22,23)24)13-27-20(25-3)26-12-17(2)14-29-9-7-28(4)8-10-29;/h5-6,11,17H,7-10,12-15H2,1-4H3,(H2,25,26,27);1H. The molecule has 0 aromatic heterocycles. The van der Waals surface area contributed by atoms with Crippen molar-refractivity contribution in [2.24, 2.45) is 10.9 Å². The molecule has 31 heavy (non-hydrogen) atoms. The van der Waals surface area contributed by atoms with E-state index < -0.39 is 12.8 Å². The molecule has 10 heteroatoms. The van der Waals surface area contributed by atoms with Crippen LogP contribution in [0.3, 0.4) is 0 Å². The van der Waals surface area contributed by atoms with E-state index in [2.05, 4.69) is 39.4 Å². The van der Waals surface area contributed by atoms with Crippen molar-refractivity contribution in [3.05, 3.63) is 29.3 Å². The van der Waals surface area contributed by atoms with Crippen molar-refractivity contribution in [3.8, 4) is 5.75 Å². The smallest absolute Gasteiger partial charge is 0.422 e. The summed E-state index contributed by atoms with van der Waals surface area (Å²) < 4.78 is 42.6. The minimum atomic E-state index is -4.37. The lowest BCUT2D eigenvalue weighted by Gasteiger charge is -2.34. The number of likely N-dealkylation sites (N-methyl/N-ethyl adjacent to an activating group) is 1. The molecule has 1 saturated heterocycles. The third-order valence-electron chi connectivity index (χ3n) is 5.07. The van der Waals surface area contributed by atoms with E-state index in [9.17, 15) is 13.2 Å². The molecule has 0 bridgehead atoms. The number of hydrogen-bond acceptors (Lipinski definition) is 4. The number of aliphatic imine (C=N–C) groups is 1. The number of benzene rings is 1. The fourth-order valence-corrected chi connectivity index (χ4v) is 3.31. The van der Waals surface area contributed by atoms with Crippen molar-refractivity contribution in [3.63, 3.8) is 0 Å². The molecule has 0 spiro atoms. The normalized spacial score (nSPS) is 17.1. The second kappa shape index (κ2) is 13.3. The van der Waals surface area contributed by atoms with Crippen molar-refractivity contribution >= 4 is 29.9 Å². The number of rotatable bonds is 8. The molecular formula is C21H35F3IN5O. The Labute approximate surface area is 200 Å². The third-order valence-corrected chi connectivity index (χ3v) is 5.07. The van der Waals surface area contributed by atoms with Gasteiger partial charge in [0, 0.05) is 58.4 Å². The Morgan fingerprint density at radius 3 is 2.48 bits per heavy atom. The molecule has 178 valence electrons. The Hall–Kier alpha value is -1.27. The Balaban J connectivity index is 0.00000480. The highest BCUT2D eigenvalue weighted by Gasteiger charge is 2.28. The zero-order valence-electron chi connectivity index (χ0n) is 18.8. The zero-order chi connectivity index (χ0) is 22.1. The van der Waals surface area contributed by atoms with E-state index in [1.807, 2.05) is 13.0 Å². The summed E-state index contributed by atoms with van der Waals surface area (Å²) in [5.41, 5.74) is 1.49. The van der Waals surface area contributed by atoms with E-state index in [4.69, 9.17) is 4.74 Å². The molecule has 2 rings (SSSR count). The summed E-state index contributed by atoms with van der Waals surface area (Å²) in [5.74, 6) is 1.29. The monoisotopic (exact) mass is 557 g/mol. The van der Waals surface area contributed by atoms with E-state index >= 15 is 0 Å². The number of alkyl halides is 3. The van der Waals surface area contributed by atoms with Gasteiger partial charge in [-0.2, -0.15) is 13.2 Å². The van der Waals surface area contributed by atoms with Crippen molar-refractivity contribution in [2.75, 3.05) is 60.0 Å². The Morgan fingerprint density at radius 2 is 1.87 bits per heavy atom. The fourth-order valence-electron chi connectivity index (χ4n) is 3.31. The topological polar surface area (TPSA) is 52.1 Å².